The van der Waals surface area contributed by atoms with Gasteiger partial charge in [-0.05, 0) is 12.8 Å². The molecule has 1 aliphatic carbocycles. The Labute approximate surface area is 66.0 Å². The van der Waals surface area contributed by atoms with Crippen molar-refractivity contribution in [3.8, 4) is 0 Å². The van der Waals surface area contributed by atoms with Crippen molar-refractivity contribution in [2.24, 2.45) is 11.8 Å². The second-order valence-electron chi connectivity index (χ2n) is 3.39. The fraction of sp³-hybridized carbons (Fsp3) is 0.444. The van der Waals surface area contributed by atoms with Crippen LogP contribution in [0.3, 0.4) is 0 Å². The Kier molecular flexibility index (Phi) is 1.19. The zero-order chi connectivity index (χ0) is 8.01. The van der Waals surface area contributed by atoms with E-state index in [-0.39, 0.29) is 11.8 Å². The van der Waals surface area contributed by atoms with Crippen molar-refractivity contribution in [1.82, 2.24) is 5.32 Å². The maximum absolute atomic E-state index is 11.2. The van der Waals surface area contributed by atoms with Crippen molar-refractivity contribution in [2.45, 2.75) is 12.8 Å². The average Bonchev–Trinajstić information content (AvgIpc) is 2.38. The second kappa shape index (κ2) is 1.97. The van der Waals surface area contributed by atoms with Gasteiger partial charge in [-0.25, -0.2) is 0 Å². The van der Waals surface area contributed by atoms with E-state index in [1.807, 2.05) is 0 Å². The molecule has 1 heterocycles. The van der Waals surface area contributed by atoms with E-state index in [1.165, 1.54) is 5.57 Å². The highest BCUT2D eigenvalue weighted by atomic mass is 16.2. The van der Waals surface area contributed by atoms with E-state index in [9.17, 15) is 4.79 Å². The molecule has 2 rings (SSSR count). The second-order valence-corrected chi connectivity index (χ2v) is 3.39. The van der Waals surface area contributed by atoms with E-state index in [0.29, 0.717) is 5.92 Å². The number of nitrogens with one attached hydrogen (secondary N) is 1. The third-order valence-corrected chi connectivity index (χ3v) is 2.57. The van der Waals surface area contributed by atoms with Crippen molar-refractivity contribution in [2.75, 3.05) is 0 Å². The van der Waals surface area contributed by atoms with E-state index in [0.717, 1.165) is 18.5 Å². The highest BCUT2D eigenvalue weighted by Crippen LogP contribution is 2.41. The minimum Gasteiger partial charge on any atom is -0.330 e. The molecular weight excluding hydrogens is 138 g/mol. The number of amides is 1. The predicted molar refractivity (Wildman–Crippen MR) is 42.6 cm³/mol. The largest absolute Gasteiger partial charge is 0.330 e. The van der Waals surface area contributed by atoms with Crippen molar-refractivity contribution in [3.63, 3.8) is 0 Å². The van der Waals surface area contributed by atoms with Gasteiger partial charge in [-0.1, -0.05) is 18.7 Å². The van der Waals surface area contributed by atoms with Gasteiger partial charge in [0.15, 0.2) is 0 Å². The van der Waals surface area contributed by atoms with Gasteiger partial charge in [0.1, 0.15) is 0 Å². The maximum Gasteiger partial charge on any atom is 0.228 e. The molecule has 1 saturated heterocycles. The molecule has 2 aliphatic rings. The summed E-state index contributed by atoms with van der Waals surface area (Å²) >= 11 is 0. The first kappa shape index (κ1) is 6.65. The molecule has 11 heavy (non-hydrogen) atoms. The van der Waals surface area contributed by atoms with Gasteiger partial charge in [0.05, 0.1) is 5.92 Å². The van der Waals surface area contributed by atoms with Crippen LogP contribution >= 0.6 is 0 Å². The molecule has 1 N–H and O–H groups in total. The summed E-state index contributed by atoms with van der Waals surface area (Å²) in [6, 6.07) is 0. The first-order chi connectivity index (χ1) is 5.18. The number of rotatable bonds is 0. The number of fused-ring (bicyclic) bond motifs is 1. The molecule has 2 nitrogen and oxygen atoms in total. The topological polar surface area (TPSA) is 29.1 Å². The van der Waals surface area contributed by atoms with Crippen LogP contribution < -0.4 is 5.32 Å². The van der Waals surface area contributed by atoms with Crippen molar-refractivity contribution >= 4 is 5.91 Å². The first-order valence-electron chi connectivity index (χ1n) is 3.85. The minimum atomic E-state index is 0.138. The van der Waals surface area contributed by atoms with Gasteiger partial charge in [-0.3, -0.25) is 4.79 Å². The summed E-state index contributed by atoms with van der Waals surface area (Å²) in [5.74, 6) is 0.628. The third kappa shape index (κ3) is 0.821. The Balaban J connectivity index is 2.29. The van der Waals surface area contributed by atoms with Crippen LogP contribution in [-0.4, -0.2) is 5.91 Å². The Bertz CT molecular complexity index is 230. The molecule has 0 spiro atoms. The van der Waals surface area contributed by atoms with Crippen LogP contribution in [0.2, 0.25) is 0 Å². The molecule has 2 heteroatoms. The van der Waals surface area contributed by atoms with Gasteiger partial charge < -0.3 is 5.32 Å². The van der Waals surface area contributed by atoms with Gasteiger partial charge in [0.25, 0.3) is 0 Å². The predicted octanol–water partition coefficient (Wildman–Crippen LogP) is 1.21. The normalized spacial score (nSPS) is 35.8. The van der Waals surface area contributed by atoms with Gasteiger partial charge >= 0.3 is 0 Å². The zero-order valence-electron chi connectivity index (χ0n) is 6.39. The lowest BCUT2D eigenvalue weighted by Crippen LogP contribution is -2.17. The van der Waals surface area contributed by atoms with E-state index in [1.54, 1.807) is 0 Å². The van der Waals surface area contributed by atoms with Crippen LogP contribution in [0.4, 0.5) is 0 Å². The summed E-state index contributed by atoms with van der Waals surface area (Å²) in [6.07, 6.45) is 1.80. The number of hydrogen-bond donors (Lipinski definition) is 1. The van der Waals surface area contributed by atoms with Crippen LogP contribution in [0.15, 0.2) is 24.4 Å². The third-order valence-electron chi connectivity index (χ3n) is 2.57. The van der Waals surface area contributed by atoms with Crippen LogP contribution in [0.5, 0.6) is 0 Å². The molecule has 2 atom stereocenters. The van der Waals surface area contributed by atoms with Crippen LogP contribution in [-0.2, 0) is 4.79 Å². The van der Waals surface area contributed by atoms with Gasteiger partial charge in [-0.2, -0.15) is 0 Å². The van der Waals surface area contributed by atoms with Gasteiger partial charge in [0.2, 0.25) is 5.91 Å². The van der Waals surface area contributed by atoms with Gasteiger partial charge in [0, 0.05) is 11.6 Å². The molecule has 2 fully saturated rings. The molecule has 0 aromatic heterocycles. The van der Waals surface area contributed by atoms with E-state index >= 15 is 0 Å². The fourth-order valence-corrected chi connectivity index (χ4v) is 1.97. The van der Waals surface area contributed by atoms with Crippen LogP contribution in [0.1, 0.15) is 12.8 Å². The molecule has 58 valence electrons. The van der Waals surface area contributed by atoms with Gasteiger partial charge in [-0.15, -0.1) is 0 Å². The molecule has 2 unspecified atom stereocenters. The lowest BCUT2D eigenvalue weighted by Gasteiger charge is -2.02. The SMILES string of the molecule is C=C1CC2C(=C)NC(=O)C2C1. The van der Waals surface area contributed by atoms with Crippen LogP contribution in [0, 0.1) is 11.8 Å². The fourth-order valence-electron chi connectivity index (χ4n) is 1.97. The molecule has 1 aliphatic heterocycles. The zero-order valence-corrected chi connectivity index (χ0v) is 6.39. The molecule has 0 radical (unpaired) electrons. The van der Waals surface area contributed by atoms with Crippen molar-refractivity contribution in [3.05, 3.63) is 24.4 Å². The van der Waals surface area contributed by atoms with E-state index in [4.69, 9.17) is 0 Å². The Hall–Kier alpha value is -1.05. The van der Waals surface area contributed by atoms with Crippen LogP contribution in [0.25, 0.3) is 0 Å². The molecule has 1 amide bonds. The molecule has 0 bridgehead atoms. The summed E-state index contributed by atoms with van der Waals surface area (Å²) in [6.45, 7) is 7.69. The lowest BCUT2D eigenvalue weighted by molar-refractivity contribution is -0.122. The summed E-state index contributed by atoms with van der Waals surface area (Å²) in [5.41, 5.74) is 2.08. The number of hydrogen-bond acceptors (Lipinski definition) is 1. The molecule has 0 aromatic rings. The number of allylic oxidation sites excluding steroid dienone is 2. The van der Waals surface area contributed by atoms with E-state index in [2.05, 4.69) is 18.5 Å². The molecular formula is C9H11NO. The van der Waals surface area contributed by atoms with E-state index < -0.39 is 0 Å². The highest BCUT2D eigenvalue weighted by molar-refractivity contribution is 5.85. The lowest BCUT2D eigenvalue weighted by atomic mass is 9.98. The first-order valence-corrected chi connectivity index (χ1v) is 3.85. The monoisotopic (exact) mass is 149 g/mol. The number of carbonyl (C=O) groups excluding carboxylic acids is 1. The smallest absolute Gasteiger partial charge is 0.228 e. The Morgan fingerprint density at radius 3 is 2.55 bits per heavy atom. The number of carbonyl (C=O) groups is 1. The quantitative estimate of drug-likeness (QED) is 0.515. The van der Waals surface area contributed by atoms with Crippen molar-refractivity contribution < 1.29 is 4.79 Å². The summed E-state index contributed by atoms with van der Waals surface area (Å²) < 4.78 is 0. The standard InChI is InChI=1S/C9H11NO/c1-5-3-7-6(2)10-9(11)8(7)4-5/h7-8H,1-4H2,(H,10,11). The summed E-state index contributed by atoms with van der Waals surface area (Å²) in [5, 5.41) is 2.76. The minimum absolute atomic E-state index is 0.138. The maximum atomic E-state index is 11.2. The summed E-state index contributed by atoms with van der Waals surface area (Å²) in [4.78, 5) is 11.2. The molecule has 1 saturated carbocycles. The summed E-state index contributed by atoms with van der Waals surface area (Å²) in [7, 11) is 0. The molecule has 0 aromatic carbocycles. The van der Waals surface area contributed by atoms with Crippen molar-refractivity contribution in [1.29, 1.82) is 0 Å². The Morgan fingerprint density at radius 1 is 1.27 bits per heavy atom. The highest BCUT2D eigenvalue weighted by Gasteiger charge is 2.42. The average molecular weight is 149 g/mol. The Morgan fingerprint density at radius 2 is 1.91 bits per heavy atom.